The fraction of sp³-hybridized carbons (Fsp3) is 0.500. The largest absolute Gasteiger partial charge is 0.348 e. The highest BCUT2D eigenvalue weighted by molar-refractivity contribution is 7.92. The van der Waals surface area contributed by atoms with Gasteiger partial charge in [-0.15, -0.1) is 0 Å². The summed E-state index contributed by atoms with van der Waals surface area (Å²) in [6.07, 6.45) is 0.922. The quantitative estimate of drug-likeness (QED) is 0.868. The fourth-order valence-electron chi connectivity index (χ4n) is 2.11. The fourth-order valence-corrected chi connectivity index (χ4v) is 3.17. The third kappa shape index (κ3) is 3.19. The van der Waals surface area contributed by atoms with Gasteiger partial charge in [-0.05, 0) is 51.1 Å². The SMILES string of the molecule is CC(C)S(=O)(=O)c1ccc(C(=O)NC2CCNC2)cc1. The van der Waals surface area contributed by atoms with Crippen LogP contribution >= 0.6 is 0 Å². The van der Waals surface area contributed by atoms with Crippen LogP contribution in [0.5, 0.6) is 0 Å². The van der Waals surface area contributed by atoms with Crippen LogP contribution in [0.2, 0.25) is 0 Å². The number of hydrogen-bond acceptors (Lipinski definition) is 4. The van der Waals surface area contributed by atoms with E-state index < -0.39 is 15.1 Å². The van der Waals surface area contributed by atoms with Gasteiger partial charge in [0.15, 0.2) is 9.84 Å². The maximum Gasteiger partial charge on any atom is 0.251 e. The van der Waals surface area contributed by atoms with Gasteiger partial charge in [0, 0.05) is 18.2 Å². The van der Waals surface area contributed by atoms with E-state index in [0.717, 1.165) is 19.5 Å². The minimum absolute atomic E-state index is 0.154. The Hall–Kier alpha value is -1.40. The van der Waals surface area contributed by atoms with Gasteiger partial charge in [0.25, 0.3) is 5.91 Å². The second kappa shape index (κ2) is 5.93. The summed E-state index contributed by atoms with van der Waals surface area (Å²) in [5.74, 6) is -0.160. The molecule has 20 heavy (non-hydrogen) atoms. The lowest BCUT2D eigenvalue weighted by molar-refractivity contribution is 0.0940. The zero-order valence-electron chi connectivity index (χ0n) is 11.7. The Bertz CT molecular complexity index is 573. The topological polar surface area (TPSA) is 75.3 Å². The van der Waals surface area contributed by atoms with Gasteiger partial charge in [-0.25, -0.2) is 8.42 Å². The molecule has 2 N–H and O–H groups in total. The van der Waals surface area contributed by atoms with Crippen molar-refractivity contribution < 1.29 is 13.2 Å². The van der Waals surface area contributed by atoms with Gasteiger partial charge in [0.05, 0.1) is 10.1 Å². The number of amides is 1. The molecular formula is C14H20N2O3S. The minimum Gasteiger partial charge on any atom is -0.348 e. The van der Waals surface area contributed by atoms with Crippen molar-refractivity contribution in [3.63, 3.8) is 0 Å². The highest BCUT2D eigenvalue weighted by Gasteiger charge is 2.20. The third-order valence-corrected chi connectivity index (χ3v) is 5.63. The minimum atomic E-state index is -3.28. The first-order valence-corrected chi connectivity index (χ1v) is 8.31. The molecule has 0 aliphatic carbocycles. The normalized spacial score (nSPS) is 19.2. The van der Waals surface area contributed by atoms with Gasteiger partial charge >= 0.3 is 0 Å². The summed E-state index contributed by atoms with van der Waals surface area (Å²) in [7, 11) is -3.28. The van der Waals surface area contributed by atoms with E-state index in [9.17, 15) is 13.2 Å². The maximum atomic E-state index is 12.0. The van der Waals surface area contributed by atoms with Crippen LogP contribution in [0.25, 0.3) is 0 Å². The number of hydrogen-bond donors (Lipinski definition) is 2. The molecule has 1 atom stereocenters. The lowest BCUT2D eigenvalue weighted by atomic mass is 10.2. The standard InChI is InChI=1S/C14H20N2O3S/c1-10(2)20(18,19)13-5-3-11(4-6-13)14(17)16-12-7-8-15-9-12/h3-6,10,12,15H,7-9H2,1-2H3,(H,16,17). The number of carbonyl (C=O) groups excluding carboxylic acids is 1. The Balaban J connectivity index is 2.10. The van der Waals surface area contributed by atoms with Crippen molar-refractivity contribution in [1.29, 1.82) is 0 Å². The first kappa shape index (κ1) is 15.0. The monoisotopic (exact) mass is 296 g/mol. The van der Waals surface area contributed by atoms with Crippen molar-refractivity contribution in [3.05, 3.63) is 29.8 Å². The van der Waals surface area contributed by atoms with Crippen molar-refractivity contribution in [2.75, 3.05) is 13.1 Å². The van der Waals surface area contributed by atoms with Crippen molar-refractivity contribution in [1.82, 2.24) is 10.6 Å². The highest BCUT2D eigenvalue weighted by Crippen LogP contribution is 2.16. The molecular weight excluding hydrogens is 276 g/mol. The summed E-state index contributed by atoms with van der Waals surface area (Å²) in [6.45, 7) is 4.98. The molecule has 1 aliphatic rings. The second-order valence-corrected chi connectivity index (χ2v) is 7.79. The van der Waals surface area contributed by atoms with Crippen molar-refractivity contribution >= 4 is 15.7 Å². The lowest BCUT2D eigenvalue weighted by Gasteiger charge is -2.12. The van der Waals surface area contributed by atoms with Crippen LogP contribution < -0.4 is 10.6 Å². The molecule has 0 spiro atoms. The Morgan fingerprint density at radius 2 is 1.95 bits per heavy atom. The van der Waals surface area contributed by atoms with Crippen LogP contribution in [-0.4, -0.2) is 38.7 Å². The van der Waals surface area contributed by atoms with Gasteiger partial charge in [-0.1, -0.05) is 0 Å². The van der Waals surface area contributed by atoms with E-state index in [4.69, 9.17) is 0 Å². The van der Waals surface area contributed by atoms with E-state index in [0.29, 0.717) is 5.56 Å². The molecule has 5 nitrogen and oxygen atoms in total. The molecule has 0 saturated carbocycles. The van der Waals surface area contributed by atoms with Crippen LogP contribution in [0.4, 0.5) is 0 Å². The van der Waals surface area contributed by atoms with Gasteiger partial charge in [-0.3, -0.25) is 4.79 Å². The molecule has 1 amide bonds. The number of carbonyl (C=O) groups is 1. The predicted molar refractivity (Wildman–Crippen MR) is 77.5 cm³/mol. The van der Waals surface area contributed by atoms with Crippen molar-refractivity contribution in [3.8, 4) is 0 Å². The molecule has 1 saturated heterocycles. The lowest BCUT2D eigenvalue weighted by Crippen LogP contribution is -2.36. The Labute approximate surface area is 119 Å². The van der Waals surface area contributed by atoms with E-state index in [1.807, 2.05) is 0 Å². The van der Waals surface area contributed by atoms with Crippen LogP contribution in [0.3, 0.4) is 0 Å². The molecule has 2 rings (SSSR count). The van der Waals surface area contributed by atoms with Crippen molar-refractivity contribution in [2.24, 2.45) is 0 Å². The van der Waals surface area contributed by atoms with E-state index in [1.165, 1.54) is 12.1 Å². The predicted octanol–water partition coefficient (Wildman–Crippen LogP) is 0.960. The van der Waals surface area contributed by atoms with Gasteiger partial charge < -0.3 is 10.6 Å². The van der Waals surface area contributed by atoms with Crippen LogP contribution in [0.1, 0.15) is 30.6 Å². The average molecular weight is 296 g/mol. The number of benzene rings is 1. The summed E-state index contributed by atoms with van der Waals surface area (Å²) < 4.78 is 24.0. The molecule has 0 radical (unpaired) electrons. The molecule has 6 heteroatoms. The summed E-state index contributed by atoms with van der Waals surface area (Å²) in [5, 5.41) is 5.64. The van der Waals surface area contributed by atoms with E-state index in [-0.39, 0.29) is 16.8 Å². The third-order valence-electron chi connectivity index (χ3n) is 3.46. The van der Waals surface area contributed by atoms with Crippen LogP contribution in [-0.2, 0) is 9.84 Å². The molecule has 1 unspecified atom stereocenters. The molecule has 0 aromatic heterocycles. The van der Waals surface area contributed by atoms with Crippen LogP contribution in [0.15, 0.2) is 29.2 Å². The summed E-state index contributed by atoms with van der Waals surface area (Å²) in [5.41, 5.74) is 0.486. The Morgan fingerprint density at radius 3 is 2.45 bits per heavy atom. The van der Waals surface area contributed by atoms with E-state index in [2.05, 4.69) is 10.6 Å². The smallest absolute Gasteiger partial charge is 0.251 e. The Kier molecular flexibility index (Phi) is 4.45. The molecule has 1 aromatic rings. The molecule has 1 aromatic carbocycles. The first-order chi connectivity index (χ1) is 9.41. The summed E-state index contributed by atoms with van der Waals surface area (Å²) >= 11 is 0. The highest BCUT2D eigenvalue weighted by atomic mass is 32.2. The Morgan fingerprint density at radius 1 is 1.30 bits per heavy atom. The first-order valence-electron chi connectivity index (χ1n) is 6.77. The number of sulfone groups is 1. The zero-order valence-corrected chi connectivity index (χ0v) is 12.5. The number of nitrogens with one attached hydrogen (secondary N) is 2. The van der Waals surface area contributed by atoms with Gasteiger partial charge in [0.1, 0.15) is 0 Å². The second-order valence-electron chi connectivity index (χ2n) is 5.28. The van der Waals surface area contributed by atoms with E-state index >= 15 is 0 Å². The number of rotatable bonds is 4. The van der Waals surface area contributed by atoms with Gasteiger partial charge in [-0.2, -0.15) is 0 Å². The molecule has 1 heterocycles. The molecule has 110 valence electrons. The van der Waals surface area contributed by atoms with Crippen molar-refractivity contribution in [2.45, 2.75) is 36.5 Å². The van der Waals surface area contributed by atoms with Crippen LogP contribution in [0, 0.1) is 0 Å². The van der Waals surface area contributed by atoms with Gasteiger partial charge in [0.2, 0.25) is 0 Å². The molecule has 1 fully saturated rings. The molecule has 1 aliphatic heterocycles. The molecule has 0 bridgehead atoms. The average Bonchev–Trinajstić information content (AvgIpc) is 2.91. The zero-order chi connectivity index (χ0) is 14.8. The summed E-state index contributed by atoms with van der Waals surface area (Å²) in [4.78, 5) is 12.3. The maximum absolute atomic E-state index is 12.0. The van der Waals surface area contributed by atoms with E-state index in [1.54, 1.807) is 26.0 Å². The summed E-state index contributed by atoms with van der Waals surface area (Å²) in [6, 6.07) is 6.27.